The van der Waals surface area contributed by atoms with Crippen LogP contribution in [-0.4, -0.2) is 24.2 Å². The Bertz CT molecular complexity index is 418. The van der Waals surface area contributed by atoms with Crippen molar-refractivity contribution in [1.29, 1.82) is 0 Å². The number of benzene rings is 1. The van der Waals surface area contributed by atoms with Gasteiger partial charge in [-0.2, -0.15) is 0 Å². The molecule has 0 saturated carbocycles. The molecule has 0 aliphatic heterocycles. The molecule has 0 fully saturated rings. The summed E-state index contributed by atoms with van der Waals surface area (Å²) in [6.45, 7) is 1.43. The first-order chi connectivity index (χ1) is 7.74. The Balaban J connectivity index is 2.67. The van der Waals surface area contributed by atoms with Gasteiger partial charge in [0.15, 0.2) is 0 Å². The SMILES string of the molecule is CC(=O)Nc1ccccc1OCC#CCO. The normalized spacial score (nSPS) is 8.88. The summed E-state index contributed by atoms with van der Waals surface area (Å²) in [5.41, 5.74) is 0.612. The predicted octanol–water partition coefficient (Wildman–Crippen LogP) is 1.02. The van der Waals surface area contributed by atoms with Crippen LogP contribution in [0.2, 0.25) is 0 Å². The molecule has 0 atom stereocenters. The van der Waals surface area contributed by atoms with Gasteiger partial charge in [-0.1, -0.05) is 24.0 Å². The highest BCUT2D eigenvalue weighted by Gasteiger charge is 2.02. The lowest BCUT2D eigenvalue weighted by atomic mass is 10.3. The molecule has 1 aromatic carbocycles. The highest BCUT2D eigenvalue weighted by atomic mass is 16.5. The minimum atomic E-state index is -0.184. The number of rotatable bonds is 3. The van der Waals surface area contributed by atoms with Crippen molar-refractivity contribution in [3.8, 4) is 17.6 Å². The quantitative estimate of drug-likeness (QED) is 0.746. The van der Waals surface area contributed by atoms with Gasteiger partial charge in [-0.3, -0.25) is 4.79 Å². The molecule has 1 rings (SSSR count). The van der Waals surface area contributed by atoms with Crippen LogP contribution in [0.1, 0.15) is 6.92 Å². The van der Waals surface area contributed by atoms with Crippen molar-refractivity contribution in [1.82, 2.24) is 0 Å². The average molecular weight is 219 g/mol. The van der Waals surface area contributed by atoms with Crippen LogP contribution in [0.25, 0.3) is 0 Å². The van der Waals surface area contributed by atoms with Crippen LogP contribution in [0.5, 0.6) is 5.75 Å². The number of anilines is 1. The Morgan fingerprint density at radius 2 is 2.19 bits per heavy atom. The van der Waals surface area contributed by atoms with E-state index in [9.17, 15) is 4.79 Å². The largest absolute Gasteiger partial charge is 0.479 e. The molecule has 2 N–H and O–H groups in total. The zero-order valence-electron chi connectivity index (χ0n) is 8.99. The summed E-state index contributed by atoms with van der Waals surface area (Å²) in [6, 6.07) is 7.10. The van der Waals surface area contributed by atoms with Gasteiger partial charge >= 0.3 is 0 Å². The van der Waals surface area contributed by atoms with E-state index < -0.39 is 0 Å². The molecule has 0 aliphatic carbocycles. The van der Waals surface area contributed by atoms with Gasteiger partial charge < -0.3 is 15.2 Å². The second-order valence-electron chi connectivity index (χ2n) is 2.98. The summed E-state index contributed by atoms with van der Waals surface area (Å²) in [7, 11) is 0. The number of aliphatic hydroxyl groups is 1. The number of hydrogen-bond donors (Lipinski definition) is 2. The van der Waals surface area contributed by atoms with Crippen molar-refractivity contribution in [2.24, 2.45) is 0 Å². The maximum atomic E-state index is 10.9. The molecule has 0 radical (unpaired) electrons. The van der Waals surface area contributed by atoms with Gasteiger partial charge in [0.05, 0.1) is 5.69 Å². The molecule has 0 spiro atoms. The van der Waals surface area contributed by atoms with Crippen LogP contribution >= 0.6 is 0 Å². The number of aliphatic hydroxyl groups excluding tert-OH is 1. The molecular formula is C12H13NO3. The molecule has 0 aliphatic rings. The molecule has 4 heteroatoms. The Kier molecular flexibility index (Phi) is 4.90. The minimum absolute atomic E-state index is 0.155. The first-order valence-corrected chi connectivity index (χ1v) is 4.80. The van der Waals surface area contributed by atoms with Gasteiger partial charge in [0.2, 0.25) is 5.91 Å². The van der Waals surface area contributed by atoms with Crippen molar-refractivity contribution in [3.05, 3.63) is 24.3 Å². The number of nitrogens with one attached hydrogen (secondary N) is 1. The van der Waals surface area contributed by atoms with Crippen molar-refractivity contribution in [2.45, 2.75) is 6.92 Å². The summed E-state index contributed by atoms with van der Waals surface area (Å²) in [4.78, 5) is 10.9. The van der Waals surface area contributed by atoms with E-state index in [0.29, 0.717) is 11.4 Å². The molecular weight excluding hydrogens is 206 g/mol. The van der Waals surface area contributed by atoms with E-state index in [-0.39, 0.29) is 19.1 Å². The Morgan fingerprint density at radius 1 is 1.44 bits per heavy atom. The van der Waals surface area contributed by atoms with E-state index in [1.54, 1.807) is 24.3 Å². The lowest BCUT2D eigenvalue weighted by Gasteiger charge is -2.08. The topological polar surface area (TPSA) is 58.6 Å². The monoisotopic (exact) mass is 219 g/mol. The number of carbonyl (C=O) groups is 1. The standard InChI is InChI=1S/C12H13NO3/c1-10(15)13-11-6-2-3-7-12(11)16-9-5-4-8-14/h2-3,6-7,14H,8-9H2,1H3,(H,13,15). The van der Waals surface area contributed by atoms with Gasteiger partial charge in [0.25, 0.3) is 0 Å². The predicted molar refractivity (Wildman–Crippen MR) is 61.1 cm³/mol. The van der Waals surface area contributed by atoms with Gasteiger partial charge in [-0.15, -0.1) is 0 Å². The van der Waals surface area contributed by atoms with Crippen molar-refractivity contribution in [3.63, 3.8) is 0 Å². The number of ether oxygens (including phenoxy) is 1. The van der Waals surface area contributed by atoms with Crippen LogP contribution in [0.15, 0.2) is 24.3 Å². The summed E-state index contributed by atoms with van der Waals surface area (Å²) >= 11 is 0. The molecule has 0 aromatic heterocycles. The highest BCUT2D eigenvalue weighted by molar-refractivity contribution is 5.90. The van der Waals surface area contributed by atoms with E-state index >= 15 is 0 Å². The van der Waals surface area contributed by atoms with Crippen LogP contribution in [0.3, 0.4) is 0 Å². The van der Waals surface area contributed by atoms with Crippen LogP contribution in [0.4, 0.5) is 5.69 Å². The minimum Gasteiger partial charge on any atom is -0.479 e. The number of amides is 1. The Hall–Kier alpha value is -1.99. The Labute approximate surface area is 94.2 Å². The molecule has 1 aromatic rings. The average Bonchev–Trinajstić information content (AvgIpc) is 2.26. The highest BCUT2D eigenvalue weighted by Crippen LogP contribution is 2.23. The third-order valence-corrected chi connectivity index (χ3v) is 1.70. The number of hydrogen-bond acceptors (Lipinski definition) is 3. The number of para-hydroxylation sites is 2. The fraction of sp³-hybridized carbons (Fsp3) is 0.250. The van der Waals surface area contributed by atoms with Crippen molar-refractivity contribution in [2.75, 3.05) is 18.5 Å². The molecule has 84 valence electrons. The molecule has 16 heavy (non-hydrogen) atoms. The van der Waals surface area contributed by atoms with E-state index in [1.807, 2.05) is 0 Å². The van der Waals surface area contributed by atoms with E-state index in [1.165, 1.54) is 6.92 Å². The van der Waals surface area contributed by atoms with Crippen LogP contribution < -0.4 is 10.1 Å². The third-order valence-electron chi connectivity index (χ3n) is 1.70. The smallest absolute Gasteiger partial charge is 0.221 e. The lowest BCUT2D eigenvalue weighted by Crippen LogP contribution is -2.07. The van der Waals surface area contributed by atoms with Gasteiger partial charge in [-0.05, 0) is 12.1 Å². The molecule has 0 saturated heterocycles. The van der Waals surface area contributed by atoms with Crippen molar-refractivity contribution < 1.29 is 14.6 Å². The van der Waals surface area contributed by atoms with Crippen LogP contribution in [0, 0.1) is 11.8 Å². The van der Waals surface area contributed by atoms with E-state index in [0.717, 1.165) is 0 Å². The fourth-order valence-electron chi connectivity index (χ4n) is 1.11. The van der Waals surface area contributed by atoms with Gasteiger partial charge in [0.1, 0.15) is 19.0 Å². The second-order valence-corrected chi connectivity index (χ2v) is 2.98. The maximum Gasteiger partial charge on any atom is 0.221 e. The summed E-state index contributed by atoms with van der Waals surface area (Å²) in [5, 5.41) is 11.1. The van der Waals surface area contributed by atoms with Crippen LogP contribution in [-0.2, 0) is 4.79 Å². The first-order valence-electron chi connectivity index (χ1n) is 4.80. The number of carbonyl (C=O) groups excluding carboxylic acids is 1. The molecule has 4 nitrogen and oxygen atoms in total. The molecule has 0 heterocycles. The lowest BCUT2D eigenvalue weighted by molar-refractivity contribution is -0.114. The fourth-order valence-corrected chi connectivity index (χ4v) is 1.11. The summed E-state index contributed by atoms with van der Waals surface area (Å²) in [5.74, 6) is 5.51. The first kappa shape index (κ1) is 12.1. The zero-order chi connectivity index (χ0) is 11.8. The summed E-state index contributed by atoms with van der Waals surface area (Å²) in [6.07, 6.45) is 0. The third kappa shape index (κ3) is 4.03. The second kappa shape index (κ2) is 6.49. The molecule has 0 unspecified atom stereocenters. The molecule has 1 amide bonds. The van der Waals surface area contributed by atoms with E-state index in [2.05, 4.69) is 17.2 Å². The van der Waals surface area contributed by atoms with Gasteiger partial charge in [0, 0.05) is 6.92 Å². The van der Waals surface area contributed by atoms with Gasteiger partial charge in [-0.25, -0.2) is 0 Å². The zero-order valence-corrected chi connectivity index (χ0v) is 8.99. The maximum absolute atomic E-state index is 10.9. The Morgan fingerprint density at radius 3 is 2.88 bits per heavy atom. The van der Waals surface area contributed by atoms with E-state index in [4.69, 9.17) is 9.84 Å². The summed E-state index contributed by atoms with van der Waals surface area (Å²) < 4.78 is 5.34. The molecule has 0 bridgehead atoms. The van der Waals surface area contributed by atoms with Crippen molar-refractivity contribution >= 4 is 11.6 Å².